The predicted octanol–water partition coefficient (Wildman–Crippen LogP) is 3.96. The standard InChI is InChI=1S/C23H21N3O4/c1-3-15-7-6-8-16-17(11-24-22(15)16)20(27)13-30-23(28)18-12-26(14-25-18)19-9-4-5-10-21(19)29-2/h4-12,14,24H,3,13H2,1-2H3. The molecule has 0 aliphatic heterocycles. The smallest absolute Gasteiger partial charge is 0.358 e. The van der Waals surface area contributed by atoms with Crippen molar-refractivity contribution >= 4 is 22.7 Å². The number of carbonyl (C=O) groups excluding carboxylic acids is 2. The van der Waals surface area contributed by atoms with Crippen LogP contribution < -0.4 is 4.74 Å². The molecule has 4 rings (SSSR count). The second kappa shape index (κ2) is 8.24. The fourth-order valence-corrected chi connectivity index (χ4v) is 3.43. The number of nitrogens with one attached hydrogen (secondary N) is 1. The van der Waals surface area contributed by atoms with Crippen molar-refractivity contribution < 1.29 is 19.1 Å². The van der Waals surface area contributed by atoms with Crippen LogP contribution in [0.15, 0.2) is 61.2 Å². The Balaban J connectivity index is 1.47. The van der Waals surface area contributed by atoms with Crippen molar-refractivity contribution in [1.29, 1.82) is 0 Å². The number of fused-ring (bicyclic) bond motifs is 1. The van der Waals surface area contributed by atoms with E-state index >= 15 is 0 Å². The van der Waals surface area contributed by atoms with Crippen LogP contribution in [0.25, 0.3) is 16.6 Å². The molecule has 2 aromatic heterocycles. The number of imidazole rings is 1. The van der Waals surface area contributed by atoms with E-state index in [2.05, 4.69) is 16.9 Å². The van der Waals surface area contributed by atoms with Gasteiger partial charge in [0.1, 0.15) is 12.1 Å². The fraction of sp³-hybridized carbons (Fsp3) is 0.174. The van der Waals surface area contributed by atoms with Crippen LogP contribution in [0.4, 0.5) is 0 Å². The van der Waals surface area contributed by atoms with Gasteiger partial charge in [-0.25, -0.2) is 9.78 Å². The van der Waals surface area contributed by atoms with Gasteiger partial charge in [0, 0.05) is 28.9 Å². The number of ketones is 1. The number of aromatic nitrogens is 3. The van der Waals surface area contributed by atoms with E-state index in [1.165, 1.54) is 6.33 Å². The number of benzene rings is 2. The first-order valence-corrected chi connectivity index (χ1v) is 9.59. The summed E-state index contributed by atoms with van der Waals surface area (Å²) < 4.78 is 12.2. The lowest BCUT2D eigenvalue weighted by molar-refractivity contribution is 0.0470. The van der Waals surface area contributed by atoms with Crippen molar-refractivity contribution in [3.05, 3.63) is 78.0 Å². The molecule has 0 atom stereocenters. The van der Waals surface area contributed by atoms with Crippen molar-refractivity contribution in [2.75, 3.05) is 13.7 Å². The molecule has 0 radical (unpaired) electrons. The zero-order valence-electron chi connectivity index (χ0n) is 16.7. The summed E-state index contributed by atoms with van der Waals surface area (Å²) in [6.07, 6.45) is 5.57. The molecule has 0 bridgehead atoms. The number of hydrogen-bond acceptors (Lipinski definition) is 5. The summed E-state index contributed by atoms with van der Waals surface area (Å²) in [5, 5.41) is 0.829. The van der Waals surface area contributed by atoms with Crippen LogP contribution in [-0.4, -0.2) is 40.0 Å². The molecule has 1 N–H and O–H groups in total. The quantitative estimate of drug-likeness (QED) is 0.373. The second-order valence-corrected chi connectivity index (χ2v) is 6.73. The molecule has 0 fully saturated rings. The predicted molar refractivity (Wildman–Crippen MR) is 112 cm³/mol. The Labute approximate surface area is 173 Å². The lowest BCUT2D eigenvalue weighted by Gasteiger charge is -2.07. The lowest BCUT2D eigenvalue weighted by atomic mass is 10.1. The van der Waals surface area contributed by atoms with E-state index in [0.29, 0.717) is 11.3 Å². The maximum atomic E-state index is 12.6. The van der Waals surface area contributed by atoms with Gasteiger partial charge in [-0.05, 0) is 24.1 Å². The number of H-pyrrole nitrogens is 1. The summed E-state index contributed by atoms with van der Waals surface area (Å²) in [5.41, 5.74) is 3.43. The molecular weight excluding hydrogens is 382 g/mol. The summed E-state index contributed by atoms with van der Waals surface area (Å²) >= 11 is 0. The summed E-state index contributed by atoms with van der Waals surface area (Å²) in [4.78, 5) is 32.3. The van der Waals surface area contributed by atoms with Gasteiger partial charge in [0.2, 0.25) is 5.78 Å². The Hall–Kier alpha value is -3.87. The minimum atomic E-state index is -0.661. The molecule has 0 aliphatic carbocycles. The van der Waals surface area contributed by atoms with Crippen molar-refractivity contribution in [2.45, 2.75) is 13.3 Å². The highest BCUT2D eigenvalue weighted by atomic mass is 16.5. The molecule has 30 heavy (non-hydrogen) atoms. The molecule has 0 amide bonds. The number of ether oxygens (including phenoxy) is 2. The second-order valence-electron chi connectivity index (χ2n) is 6.73. The van der Waals surface area contributed by atoms with Crippen LogP contribution in [0.2, 0.25) is 0 Å². The number of carbonyl (C=O) groups is 2. The van der Waals surface area contributed by atoms with Crippen LogP contribution in [0, 0.1) is 0 Å². The number of para-hydroxylation sites is 3. The Morgan fingerprint density at radius 3 is 2.77 bits per heavy atom. The third kappa shape index (κ3) is 3.57. The van der Waals surface area contributed by atoms with Crippen molar-refractivity contribution in [3.63, 3.8) is 0 Å². The SMILES string of the molecule is CCc1cccc2c(C(=O)COC(=O)c3cn(-c4ccccc4OC)cn3)c[nH]c12. The molecular formula is C23H21N3O4. The van der Waals surface area contributed by atoms with Gasteiger partial charge in [-0.1, -0.05) is 37.3 Å². The van der Waals surface area contributed by atoms with Crippen LogP contribution in [0.1, 0.15) is 33.3 Å². The van der Waals surface area contributed by atoms with Gasteiger partial charge in [-0.15, -0.1) is 0 Å². The minimum Gasteiger partial charge on any atom is -0.495 e. The minimum absolute atomic E-state index is 0.112. The average molecular weight is 403 g/mol. The summed E-state index contributed by atoms with van der Waals surface area (Å²) in [6.45, 7) is 1.70. The molecule has 0 unspecified atom stereocenters. The topological polar surface area (TPSA) is 86.2 Å². The van der Waals surface area contributed by atoms with Gasteiger partial charge in [-0.3, -0.25) is 4.79 Å². The van der Waals surface area contributed by atoms with Crippen LogP contribution >= 0.6 is 0 Å². The van der Waals surface area contributed by atoms with Gasteiger partial charge < -0.3 is 19.0 Å². The molecule has 2 aromatic carbocycles. The summed E-state index contributed by atoms with van der Waals surface area (Å²) in [7, 11) is 1.57. The molecule has 2 heterocycles. The zero-order chi connectivity index (χ0) is 21.1. The van der Waals surface area contributed by atoms with Crippen molar-refractivity contribution in [2.24, 2.45) is 0 Å². The first-order chi connectivity index (χ1) is 14.6. The molecule has 152 valence electrons. The monoisotopic (exact) mass is 403 g/mol. The number of Topliss-reactive ketones (excluding diaryl/α,β-unsaturated/α-hetero) is 1. The first kappa shape index (κ1) is 19.4. The van der Waals surface area contributed by atoms with E-state index < -0.39 is 5.97 Å². The number of nitrogens with zero attached hydrogens (tertiary/aromatic N) is 2. The van der Waals surface area contributed by atoms with E-state index in [9.17, 15) is 9.59 Å². The number of esters is 1. The normalized spacial score (nSPS) is 10.9. The van der Waals surface area contributed by atoms with Crippen LogP contribution in [0.5, 0.6) is 5.75 Å². The summed E-state index contributed by atoms with van der Waals surface area (Å²) in [5.74, 6) is -0.283. The Bertz CT molecular complexity index is 1220. The van der Waals surface area contributed by atoms with Crippen molar-refractivity contribution in [3.8, 4) is 11.4 Å². The number of aromatic amines is 1. The molecule has 0 aliphatic rings. The van der Waals surface area contributed by atoms with E-state index in [1.807, 2.05) is 42.5 Å². The highest BCUT2D eigenvalue weighted by Crippen LogP contribution is 2.24. The third-order valence-electron chi connectivity index (χ3n) is 4.97. The number of hydrogen-bond donors (Lipinski definition) is 1. The highest BCUT2D eigenvalue weighted by Gasteiger charge is 2.18. The first-order valence-electron chi connectivity index (χ1n) is 9.59. The van der Waals surface area contributed by atoms with Crippen LogP contribution in [0.3, 0.4) is 0 Å². The van der Waals surface area contributed by atoms with Gasteiger partial charge in [0.15, 0.2) is 12.3 Å². The van der Waals surface area contributed by atoms with Gasteiger partial charge in [0.05, 0.1) is 12.8 Å². The maximum absolute atomic E-state index is 12.6. The number of methoxy groups -OCH3 is 1. The van der Waals surface area contributed by atoms with Gasteiger partial charge in [-0.2, -0.15) is 0 Å². The zero-order valence-corrected chi connectivity index (χ0v) is 16.7. The van der Waals surface area contributed by atoms with E-state index in [0.717, 1.165) is 28.6 Å². The van der Waals surface area contributed by atoms with E-state index in [4.69, 9.17) is 9.47 Å². The van der Waals surface area contributed by atoms with Crippen molar-refractivity contribution in [1.82, 2.24) is 14.5 Å². The molecule has 0 saturated carbocycles. The highest BCUT2D eigenvalue weighted by molar-refractivity contribution is 6.09. The molecule has 7 heteroatoms. The third-order valence-corrected chi connectivity index (χ3v) is 4.97. The number of rotatable bonds is 7. The Kier molecular flexibility index (Phi) is 5.34. The molecule has 0 saturated heterocycles. The molecule has 7 nitrogen and oxygen atoms in total. The van der Waals surface area contributed by atoms with Crippen LogP contribution in [-0.2, 0) is 11.2 Å². The molecule has 0 spiro atoms. The van der Waals surface area contributed by atoms with E-state index in [1.54, 1.807) is 24.1 Å². The van der Waals surface area contributed by atoms with Gasteiger partial charge >= 0.3 is 5.97 Å². The average Bonchev–Trinajstić information content (AvgIpc) is 3.44. The maximum Gasteiger partial charge on any atom is 0.358 e. The largest absolute Gasteiger partial charge is 0.495 e. The Morgan fingerprint density at radius 2 is 1.97 bits per heavy atom. The number of aryl methyl sites for hydroxylation is 1. The lowest BCUT2D eigenvalue weighted by Crippen LogP contribution is -2.14. The molecule has 4 aromatic rings. The fourth-order valence-electron chi connectivity index (χ4n) is 3.43. The summed E-state index contributed by atoms with van der Waals surface area (Å²) in [6, 6.07) is 13.2. The van der Waals surface area contributed by atoms with E-state index in [-0.39, 0.29) is 18.1 Å². The van der Waals surface area contributed by atoms with Gasteiger partial charge in [0.25, 0.3) is 0 Å². The Morgan fingerprint density at radius 1 is 1.13 bits per heavy atom.